The van der Waals surface area contributed by atoms with E-state index in [9.17, 15) is 0 Å². The van der Waals surface area contributed by atoms with E-state index in [1.807, 2.05) is 11.3 Å². The van der Waals surface area contributed by atoms with E-state index in [2.05, 4.69) is 255 Å². The van der Waals surface area contributed by atoms with Crippen molar-refractivity contribution in [1.29, 1.82) is 0 Å². The van der Waals surface area contributed by atoms with Gasteiger partial charge in [-0.3, -0.25) is 0 Å². The highest BCUT2D eigenvalue weighted by molar-refractivity contribution is 7.25. The lowest BCUT2D eigenvalue weighted by Gasteiger charge is -2.46. The van der Waals surface area contributed by atoms with Crippen molar-refractivity contribution in [2.75, 3.05) is 4.90 Å². The zero-order valence-electron chi connectivity index (χ0n) is 36.9. The lowest BCUT2D eigenvalue weighted by Crippen LogP contribution is -2.40. The molecule has 1 spiro atoms. The Kier molecular flexibility index (Phi) is 8.72. The minimum absolute atomic E-state index is 0.136. The molecule has 312 valence electrons. The molecule has 1 nitrogen and oxygen atoms in total. The van der Waals surface area contributed by atoms with Gasteiger partial charge in [-0.05, 0) is 132 Å². The van der Waals surface area contributed by atoms with Gasteiger partial charge in [0.25, 0.3) is 0 Å². The van der Waals surface area contributed by atoms with Crippen LogP contribution in [0, 0.1) is 0 Å². The van der Waals surface area contributed by atoms with Gasteiger partial charge < -0.3 is 4.90 Å². The SMILES string of the molecule is CC1(C)c2ccccc2C2(c3ccccc3-c3ccc(-c4ccc(N(c5ccc(-c6cccc7sc8ccccc8c67)cc5)c5cccc(-c6ccccc6)c5)cc4)cc32)c2ccccc21. The first-order valence-electron chi connectivity index (χ1n) is 23.0. The van der Waals surface area contributed by atoms with Crippen LogP contribution in [0.5, 0.6) is 0 Å². The van der Waals surface area contributed by atoms with Crippen molar-refractivity contribution in [3.63, 3.8) is 0 Å². The number of hydrogen-bond acceptors (Lipinski definition) is 2. The first-order chi connectivity index (χ1) is 32.5. The molecule has 1 aromatic heterocycles. The molecule has 2 aliphatic rings. The Bertz CT molecular complexity index is 3620. The van der Waals surface area contributed by atoms with Crippen LogP contribution < -0.4 is 4.90 Å². The molecule has 10 aromatic carbocycles. The summed E-state index contributed by atoms with van der Waals surface area (Å²) < 4.78 is 2.64. The van der Waals surface area contributed by atoms with Gasteiger partial charge in [0.2, 0.25) is 0 Å². The molecule has 66 heavy (non-hydrogen) atoms. The third-order valence-corrected chi connectivity index (χ3v) is 15.7. The van der Waals surface area contributed by atoms with E-state index in [1.54, 1.807) is 0 Å². The van der Waals surface area contributed by atoms with Crippen molar-refractivity contribution in [1.82, 2.24) is 0 Å². The standard InChI is InChI=1S/C64H45NS/c1-63(2)55-24-9-11-26-57(55)64(58-27-12-10-25-56(58)63)54-23-8-6-20-51(54)52-39-34-46(41-59(52)64)43-30-35-47(36-31-43)65(49-19-14-18-45(40-49)42-16-4-3-5-17-42)48-37-32-44(33-38-48)50-22-15-29-61-62(50)53-21-7-13-28-60(53)66-61/h3-41H,1-2H3. The quantitative estimate of drug-likeness (QED) is 0.161. The molecule has 2 aliphatic carbocycles. The molecule has 1 heterocycles. The number of anilines is 3. The summed E-state index contributed by atoms with van der Waals surface area (Å²) in [6.45, 7) is 4.78. The van der Waals surface area contributed by atoms with Gasteiger partial charge in [-0.15, -0.1) is 11.3 Å². The normalized spacial score (nSPS) is 13.8. The number of rotatable bonds is 6. The van der Waals surface area contributed by atoms with Gasteiger partial charge in [0, 0.05) is 42.6 Å². The van der Waals surface area contributed by atoms with Gasteiger partial charge >= 0.3 is 0 Å². The van der Waals surface area contributed by atoms with Gasteiger partial charge in [0.05, 0.1) is 5.41 Å². The fourth-order valence-corrected chi connectivity index (χ4v) is 12.7. The van der Waals surface area contributed by atoms with E-state index in [-0.39, 0.29) is 5.41 Å². The van der Waals surface area contributed by atoms with E-state index in [0.717, 1.165) is 17.1 Å². The van der Waals surface area contributed by atoms with E-state index >= 15 is 0 Å². The van der Waals surface area contributed by atoms with Crippen LogP contribution in [0.2, 0.25) is 0 Å². The lowest BCUT2D eigenvalue weighted by atomic mass is 9.55. The Labute approximate surface area is 390 Å². The van der Waals surface area contributed by atoms with Gasteiger partial charge in [0.1, 0.15) is 0 Å². The highest BCUT2D eigenvalue weighted by Gasteiger charge is 2.53. The average Bonchev–Trinajstić information content (AvgIpc) is 3.91. The smallest absolute Gasteiger partial charge is 0.0719 e. The van der Waals surface area contributed by atoms with Crippen LogP contribution >= 0.6 is 11.3 Å². The molecular weight excluding hydrogens is 815 g/mol. The molecule has 2 heteroatoms. The molecule has 0 aliphatic heterocycles. The second-order valence-electron chi connectivity index (χ2n) is 18.4. The van der Waals surface area contributed by atoms with Crippen molar-refractivity contribution in [2.24, 2.45) is 0 Å². The van der Waals surface area contributed by atoms with Gasteiger partial charge in [-0.1, -0.05) is 196 Å². The third kappa shape index (κ3) is 5.71. The van der Waals surface area contributed by atoms with Gasteiger partial charge in [-0.2, -0.15) is 0 Å². The number of nitrogens with zero attached hydrogens (tertiary/aromatic N) is 1. The number of hydrogen-bond donors (Lipinski definition) is 0. The molecule has 13 rings (SSSR count). The zero-order chi connectivity index (χ0) is 44.0. The summed E-state index contributed by atoms with van der Waals surface area (Å²) in [5, 5.41) is 2.65. The predicted octanol–water partition coefficient (Wildman–Crippen LogP) is 17.5. The van der Waals surface area contributed by atoms with Crippen molar-refractivity contribution in [2.45, 2.75) is 24.7 Å². The molecule has 0 unspecified atom stereocenters. The van der Waals surface area contributed by atoms with E-state index in [1.165, 1.54) is 98.1 Å². The van der Waals surface area contributed by atoms with Crippen LogP contribution in [-0.4, -0.2) is 0 Å². The molecule has 0 saturated carbocycles. The summed E-state index contributed by atoms with van der Waals surface area (Å²) in [7, 11) is 0. The summed E-state index contributed by atoms with van der Waals surface area (Å²) >= 11 is 1.87. The minimum Gasteiger partial charge on any atom is -0.310 e. The van der Waals surface area contributed by atoms with Gasteiger partial charge in [0.15, 0.2) is 0 Å². The molecule has 0 saturated heterocycles. The largest absolute Gasteiger partial charge is 0.310 e. The zero-order valence-corrected chi connectivity index (χ0v) is 37.7. The maximum Gasteiger partial charge on any atom is 0.0719 e. The Morgan fingerprint density at radius 3 is 1.55 bits per heavy atom. The fourth-order valence-electron chi connectivity index (χ4n) is 11.6. The Balaban J connectivity index is 0.935. The van der Waals surface area contributed by atoms with Crippen LogP contribution in [0.25, 0.3) is 64.7 Å². The number of thiophene rings is 1. The Hall–Kier alpha value is -7.78. The summed E-state index contributed by atoms with van der Waals surface area (Å²) in [6.07, 6.45) is 0. The van der Waals surface area contributed by atoms with Crippen molar-refractivity contribution in [3.8, 4) is 44.5 Å². The van der Waals surface area contributed by atoms with E-state index < -0.39 is 5.41 Å². The Morgan fingerprint density at radius 2 is 0.818 bits per heavy atom. The minimum atomic E-state index is -0.431. The van der Waals surface area contributed by atoms with E-state index in [4.69, 9.17) is 0 Å². The second kappa shape index (κ2) is 14.9. The molecule has 0 amide bonds. The van der Waals surface area contributed by atoms with Crippen molar-refractivity contribution < 1.29 is 0 Å². The highest BCUT2D eigenvalue weighted by atomic mass is 32.1. The van der Waals surface area contributed by atoms with Crippen LogP contribution in [0.15, 0.2) is 237 Å². The first kappa shape index (κ1) is 38.7. The third-order valence-electron chi connectivity index (χ3n) is 14.6. The first-order valence-corrected chi connectivity index (χ1v) is 23.8. The number of benzene rings is 10. The maximum atomic E-state index is 2.49. The van der Waals surface area contributed by atoms with Crippen LogP contribution in [0.4, 0.5) is 17.1 Å². The van der Waals surface area contributed by atoms with Crippen LogP contribution in [-0.2, 0) is 10.8 Å². The fraction of sp³-hybridized carbons (Fsp3) is 0.0625. The van der Waals surface area contributed by atoms with Gasteiger partial charge in [-0.25, -0.2) is 0 Å². The average molecular weight is 860 g/mol. The summed E-state index contributed by atoms with van der Waals surface area (Å²) in [5.41, 5.74) is 20.9. The molecular formula is C64H45NS. The number of fused-ring (bicyclic) bond motifs is 12. The summed E-state index contributed by atoms with van der Waals surface area (Å²) in [5.74, 6) is 0. The van der Waals surface area contributed by atoms with Crippen LogP contribution in [0.1, 0.15) is 47.2 Å². The maximum absolute atomic E-state index is 2.49. The molecule has 0 bridgehead atoms. The van der Waals surface area contributed by atoms with Crippen molar-refractivity contribution in [3.05, 3.63) is 270 Å². The van der Waals surface area contributed by atoms with Crippen LogP contribution in [0.3, 0.4) is 0 Å². The highest BCUT2D eigenvalue weighted by Crippen LogP contribution is 2.62. The second-order valence-corrected chi connectivity index (χ2v) is 19.5. The lowest BCUT2D eigenvalue weighted by molar-refractivity contribution is 0.563. The van der Waals surface area contributed by atoms with Crippen molar-refractivity contribution >= 4 is 48.6 Å². The molecule has 11 aromatic rings. The molecule has 0 fully saturated rings. The predicted molar refractivity (Wildman–Crippen MR) is 280 cm³/mol. The Morgan fingerprint density at radius 1 is 0.318 bits per heavy atom. The molecule has 0 atom stereocenters. The summed E-state index contributed by atoms with van der Waals surface area (Å²) in [4.78, 5) is 2.40. The van der Waals surface area contributed by atoms with E-state index in [0.29, 0.717) is 0 Å². The molecule has 0 radical (unpaired) electrons. The molecule has 0 N–H and O–H groups in total. The topological polar surface area (TPSA) is 3.24 Å². The summed E-state index contributed by atoms with van der Waals surface area (Å²) in [6, 6.07) is 88.1. The monoisotopic (exact) mass is 859 g/mol.